The van der Waals surface area contributed by atoms with E-state index in [0.29, 0.717) is 27.2 Å². The zero-order valence-corrected chi connectivity index (χ0v) is 14.2. The molecule has 1 aromatic carbocycles. The Morgan fingerprint density at radius 3 is 2.70 bits per heavy atom. The zero-order chi connectivity index (χ0) is 16.2. The van der Waals surface area contributed by atoms with Gasteiger partial charge in [-0.2, -0.15) is 5.10 Å². The van der Waals surface area contributed by atoms with Gasteiger partial charge in [-0.1, -0.05) is 54.6 Å². The second-order valence-electron chi connectivity index (χ2n) is 5.90. The number of hydrogen-bond acceptors (Lipinski definition) is 3. The summed E-state index contributed by atoms with van der Waals surface area (Å²) in [7, 11) is 0. The van der Waals surface area contributed by atoms with Crippen LogP contribution >= 0.6 is 23.2 Å². The molecular formula is C17H19Cl2N3O. The predicted octanol–water partition coefficient (Wildman–Crippen LogP) is 4.74. The molecule has 1 aliphatic rings. The summed E-state index contributed by atoms with van der Waals surface area (Å²) >= 11 is 12.2. The van der Waals surface area contributed by atoms with E-state index in [2.05, 4.69) is 16.2 Å². The minimum atomic E-state index is -0.872. The van der Waals surface area contributed by atoms with Crippen molar-refractivity contribution in [2.75, 3.05) is 0 Å². The predicted molar refractivity (Wildman–Crippen MR) is 92.3 cm³/mol. The van der Waals surface area contributed by atoms with Gasteiger partial charge in [0, 0.05) is 15.6 Å². The minimum Gasteiger partial charge on any atom is -0.382 e. The van der Waals surface area contributed by atoms with Crippen LogP contribution in [0, 0.1) is 5.92 Å². The van der Waals surface area contributed by atoms with Gasteiger partial charge in [0.25, 0.3) is 0 Å². The molecule has 0 spiro atoms. The SMILES string of the molecule is OC(/C(=C/C1CCCCC1)n1cncn1)c1ccc(Cl)cc1Cl. The van der Waals surface area contributed by atoms with Crippen LogP contribution in [0.1, 0.15) is 43.8 Å². The highest BCUT2D eigenvalue weighted by molar-refractivity contribution is 6.35. The Hall–Kier alpha value is -1.36. The lowest BCUT2D eigenvalue weighted by Gasteiger charge is -2.22. The van der Waals surface area contributed by atoms with Crippen LogP contribution in [0.5, 0.6) is 0 Å². The fourth-order valence-electron chi connectivity index (χ4n) is 3.06. The first-order valence-corrected chi connectivity index (χ1v) is 8.60. The largest absolute Gasteiger partial charge is 0.382 e. The Balaban J connectivity index is 1.95. The van der Waals surface area contributed by atoms with Gasteiger partial charge in [-0.3, -0.25) is 0 Å². The normalized spacial score (nSPS) is 18.1. The Labute approximate surface area is 145 Å². The van der Waals surface area contributed by atoms with E-state index in [1.54, 1.807) is 29.2 Å². The highest BCUT2D eigenvalue weighted by Crippen LogP contribution is 2.34. The van der Waals surface area contributed by atoms with E-state index >= 15 is 0 Å². The third-order valence-electron chi connectivity index (χ3n) is 4.28. The standard InChI is InChI=1S/C17H19Cl2N3O/c18-13-6-7-14(15(19)9-13)17(23)16(22-11-20-10-21-22)8-12-4-2-1-3-5-12/h6-12,17,23H,1-5H2/b16-8-. The molecule has 0 aliphatic heterocycles. The molecule has 1 aromatic heterocycles. The summed E-state index contributed by atoms with van der Waals surface area (Å²) in [5.74, 6) is 0.448. The molecule has 0 bridgehead atoms. The molecule has 1 atom stereocenters. The number of aliphatic hydroxyl groups excluding tert-OH is 1. The molecule has 1 saturated carbocycles. The first-order valence-electron chi connectivity index (χ1n) is 7.85. The smallest absolute Gasteiger partial charge is 0.138 e. The molecule has 1 heterocycles. The van der Waals surface area contributed by atoms with E-state index in [1.165, 1.54) is 25.6 Å². The minimum absolute atomic E-state index is 0.444. The van der Waals surface area contributed by atoms with Gasteiger partial charge in [0.05, 0.1) is 5.70 Å². The van der Waals surface area contributed by atoms with Crippen molar-refractivity contribution in [2.24, 2.45) is 5.92 Å². The van der Waals surface area contributed by atoms with Crippen LogP contribution in [0.4, 0.5) is 0 Å². The van der Waals surface area contributed by atoms with Gasteiger partial charge < -0.3 is 5.11 Å². The van der Waals surface area contributed by atoms with Gasteiger partial charge in [0.1, 0.15) is 18.8 Å². The lowest BCUT2D eigenvalue weighted by Crippen LogP contribution is -2.12. The number of rotatable bonds is 4. The molecule has 0 radical (unpaired) electrons. The molecule has 23 heavy (non-hydrogen) atoms. The quantitative estimate of drug-likeness (QED) is 0.865. The molecule has 0 saturated heterocycles. The van der Waals surface area contributed by atoms with Crippen molar-refractivity contribution < 1.29 is 5.11 Å². The van der Waals surface area contributed by atoms with Gasteiger partial charge in [0.2, 0.25) is 0 Å². The van der Waals surface area contributed by atoms with Crippen LogP contribution in [-0.4, -0.2) is 19.9 Å². The lowest BCUT2D eigenvalue weighted by atomic mass is 9.88. The molecule has 2 aromatic rings. The van der Waals surface area contributed by atoms with Gasteiger partial charge in [-0.05, 0) is 30.9 Å². The Kier molecular flexibility index (Phi) is 5.36. The number of benzene rings is 1. The molecule has 3 rings (SSSR count). The summed E-state index contributed by atoms with van der Waals surface area (Å²) < 4.78 is 1.62. The topological polar surface area (TPSA) is 50.9 Å². The molecule has 122 valence electrons. The molecule has 1 aliphatic carbocycles. The van der Waals surface area contributed by atoms with Crippen molar-refractivity contribution in [3.63, 3.8) is 0 Å². The van der Waals surface area contributed by atoms with E-state index in [0.717, 1.165) is 12.8 Å². The Bertz CT molecular complexity index is 679. The summed E-state index contributed by atoms with van der Waals surface area (Å²) in [6, 6.07) is 5.12. The summed E-state index contributed by atoms with van der Waals surface area (Å²) in [4.78, 5) is 3.99. The van der Waals surface area contributed by atoms with Crippen molar-refractivity contribution >= 4 is 28.9 Å². The van der Waals surface area contributed by atoms with Crippen molar-refractivity contribution in [1.29, 1.82) is 0 Å². The Morgan fingerprint density at radius 2 is 2.04 bits per heavy atom. The highest BCUT2D eigenvalue weighted by atomic mass is 35.5. The maximum atomic E-state index is 10.9. The monoisotopic (exact) mass is 351 g/mol. The van der Waals surface area contributed by atoms with E-state index < -0.39 is 6.10 Å². The first-order chi connectivity index (χ1) is 11.1. The van der Waals surface area contributed by atoms with Gasteiger partial charge >= 0.3 is 0 Å². The van der Waals surface area contributed by atoms with Gasteiger partial charge in [0.15, 0.2) is 0 Å². The summed E-state index contributed by atoms with van der Waals surface area (Å²) in [6.07, 6.45) is 10.3. The number of allylic oxidation sites excluding steroid dienone is 1. The summed E-state index contributed by atoms with van der Waals surface area (Å²) in [6.45, 7) is 0. The van der Waals surface area contributed by atoms with Crippen LogP contribution < -0.4 is 0 Å². The molecule has 6 heteroatoms. The number of halogens is 2. The van der Waals surface area contributed by atoms with Crippen LogP contribution in [-0.2, 0) is 0 Å². The van der Waals surface area contributed by atoms with Crippen LogP contribution in [0.15, 0.2) is 36.9 Å². The number of aromatic nitrogens is 3. The fraction of sp³-hybridized carbons (Fsp3) is 0.412. The van der Waals surface area contributed by atoms with Crippen LogP contribution in [0.25, 0.3) is 5.70 Å². The van der Waals surface area contributed by atoms with E-state index in [1.807, 2.05) is 0 Å². The van der Waals surface area contributed by atoms with Crippen molar-refractivity contribution in [3.8, 4) is 0 Å². The van der Waals surface area contributed by atoms with Crippen molar-refractivity contribution in [1.82, 2.24) is 14.8 Å². The molecular weight excluding hydrogens is 333 g/mol. The second kappa shape index (κ2) is 7.47. The third-order valence-corrected chi connectivity index (χ3v) is 4.84. The molecule has 4 nitrogen and oxygen atoms in total. The molecule has 1 unspecified atom stereocenters. The molecule has 1 N–H and O–H groups in total. The van der Waals surface area contributed by atoms with E-state index in [9.17, 15) is 5.11 Å². The van der Waals surface area contributed by atoms with E-state index in [-0.39, 0.29) is 0 Å². The fourth-order valence-corrected chi connectivity index (χ4v) is 3.57. The third kappa shape index (κ3) is 3.94. The summed E-state index contributed by atoms with van der Waals surface area (Å²) in [5, 5.41) is 16.0. The average molecular weight is 352 g/mol. The number of aliphatic hydroxyl groups is 1. The average Bonchev–Trinajstić information content (AvgIpc) is 3.07. The number of hydrogen-bond donors (Lipinski definition) is 1. The first kappa shape index (κ1) is 16.5. The highest BCUT2D eigenvalue weighted by Gasteiger charge is 2.21. The van der Waals surface area contributed by atoms with Gasteiger partial charge in [-0.25, -0.2) is 9.67 Å². The molecule has 1 fully saturated rings. The zero-order valence-electron chi connectivity index (χ0n) is 12.7. The second-order valence-corrected chi connectivity index (χ2v) is 6.74. The number of nitrogens with zero attached hydrogens (tertiary/aromatic N) is 3. The summed E-state index contributed by atoms with van der Waals surface area (Å²) in [5.41, 5.74) is 1.31. The maximum absolute atomic E-state index is 10.9. The van der Waals surface area contributed by atoms with Crippen LogP contribution in [0.2, 0.25) is 10.0 Å². The van der Waals surface area contributed by atoms with Crippen LogP contribution in [0.3, 0.4) is 0 Å². The van der Waals surface area contributed by atoms with Gasteiger partial charge in [-0.15, -0.1) is 0 Å². The van der Waals surface area contributed by atoms with Crippen molar-refractivity contribution in [3.05, 3.63) is 52.5 Å². The maximum Gasteiger partial charge on any atom is 0.138 e. The van der Waals surface area contributed by atoms with E-state index in [4.69, 9.17) is 23.2 Å². The Morgan fingerprint density at radius 1 is 1.26 bits per heavy atom. The van der Waals surface area contributed by atoms with Crippen molar-refractivity contribution in [2.45, 2.75) is 38.2 Å². The lowest BCUT2D eigenvalue weighted by molar-refractivity contribution is 0.229. The molecule has 0 amide bonds.